The van der Waals surface area contributed by atoms with Crippen molar-refractivity contribution in [1.29, 1.82) is 0 Å². The Bertz CT molecular complexity index is 2840. The molecule has 248 valence electrons. The van der Waals surface area contributed by atoms with E-state index in [1.54, 1.807) is 0 Å². The fraction of sp³-hybridized carbons (Fsp3) is 0.0196. The van der Waals surface area contributed by atoms with E-state index in [0.717, 1.165) is 33.9 Å². The number of hydrogen-bond acceptors (Lipinski definition) is 2. The maximum Gasteiger partial charge on any atom is 0.140 e. The maximum absolute atomic E-state index is 6.88. The molecular formula is C51H33NO. The molecule has 0 saturated heterocycles. The first-order valence-electron chi connectivity index (χ1n) is 18.3. The highest BCUT2D eigenvalue weighted by Crippen LogP contribution is 2.64. The molecule has 2 aliphatic rings. The molecule has 1 aliphatic heterocycles. The second-order valence-corrected chi connectivity index (χ2v) is 14.0. The number of ether oxygens (including phenoxy) is 1. The van der Waals surface area contributed by atoms with Crippen molar-refractivity contribution in [3.05, 3.63) is 222 Å². The molecule has 0 fully saturated rings. The van der Waals surface area contributed by atoms with Gasteiger partial charge in [-0.3, -0.25) is 0 Å². The van der Waals surface area contributed by atoms with Crippen molar-refractivity contribution in [2.75, 3.05) is 4.90 Å². The Morgan fingerprint density at radius 3 is 1.75 bits per heavy atom. The Morgan fingerprint density at radius 2 is 0.962 bits per heavy atom. The zero-order valence-electron chi connectivity index (χ0n) is 28.9. The van der Waals surface area contributed by atoms with E-state index < -0.39 is 5.41 Å². The van der Waals surface area contributed by atoms with Crippen LogP contribution in [0, 0.1) is 0 Å². The van der Waals surface area contributed by atoms with Crippen LogP contribution in [0.15, 0.2) is 200 Å². The summed E-state index contributed by atoms with van der Waals surface area (Å²) in [5.74, 6) is 1.84. The number of nitrogens with zero attached hydrogens (tertiary/aromatic N) is 1. The van der Waals surface area contributed by atoms with E-state index in [2.05, 4.69) is 205 Å². The van der Waals surface area contributed by atoms with E-state index in [0.29, 0.717) is 0 Å². The van der Waals surface area contributed by atoms with E-state index in [9.17, 15) is 0 Å². The fourth-order valence-electron chi connectivity index (χ4n) is 9.20. The van der Waals surface area contributed by atoms with Crippen LogP contribution in [0.25, 0.3) is 43.8 Å². The van der Waals surface area contributed by atoms with Crippen LogP contribution in [-0.2, 0) is 5.41 Å². The first-order chi connectivity index (χ1) is 26.3. The molecule has 0 bridgehead atoms. The summed E-state index contributed by atoms with van der Waals surface area (Å²) >= 11 is 0. The zero-order valence-corrected chi connectivity index (χ0v) is 28.9. The molecule has 2 heteroatoms. The summed E-state index contributed by atoms with van der Waals surface area (Å²) < 4.78 is 6.88. The van der Waals surface area contributed by atoms with Gasteiger partial charge in [-0.25, -0.2) is 0 Å². The molecule has 0 amide bonds. The van der Waals surface area contributed by atoms with E-state index in [-0.39, 0.29) is 0 Å². The third kappa shape index (κ3) is 4.21. The van der Waals surface area contributed by atoms with Crippen molar-refractivity contribution in [2.24, 2.45) is 0 Å². The molecule has 1 spiro atoms. The van der Waals surface area contributed by atoms with E-state index in [1.807, 2.05) is 0 Å². The lowest BCUT2D eigenvalue weighted by Crippen LogP contribution is -2.32. The van der Waals surface area contributed by atoms with Crippen LogP contribution in [0.1, 0.15) is 22.3 Å². The third-order valence-corrected chi connectivity index (χ3v) is 11.3. The smallest absolute Gasteiger partial charge is 0.140 e. The van der Waals surface area contributed by atoms with Gasteiger partial charge in [0, 0.05) is 33.3 Å². The van der Waals surface area contributed by atoms with Gasteiger partial charge in [-0.2, -0.15) is 0 Å². The molecule has 1 unspecified atom stereocenters. The predicted octanol–water partition coefficient (Wildman–Crippen LogP) is 13.6. The summed E-state index contributed by atoms with van der Waals surface area (Å²) in [7, 11) is 0. The van der Waals surface area contributed by atoms with Gasteiger partial charge in [0.05, 0.1) is 11.1 Å². The predicted molar refractivity (Wildman–Crippen MR) is 219 cm³/mol. The van der Waals surface area contributed by atoms with E-state index in [1.165, 1.54) is 60.7 Å². The molecule has 1 aliphatic carbocycles. The molecule has 1 heterocycles. The highest BCUT2D eigenvalue weighted by molar-refractivity contribution is 6.09. The van der Waals surface area contributed by atoms with Crippen LogP contribution in [0.4, 0.5) is 17.1 Å². The normalized spacial score (nSPS) is 15.0. The Labute approximate surface area is 308 Å². The Kier molecular flexibility index (Phi) is 6.50. The van der Waals surface area contributed by atoms with Gasteiger partial charge in [-0.1, -0.05) is 164 Å². The third-order valence-electron chi connectivity index (χ3n) is 11.3. The topological polar surface area (TPSA) is 12.5 Å². The number of benzene rings is 9. The van der Waals surface area contributed by atoms with Gasteiger partial charge in [-0.05, 0) is 80.6 Å². The van der Waals surface area contributed by atoms with Gasteiger partial charge in [0.15, 0.2) is 0 Å². The van der Waals surface area contributed by atoms with E-state index in [4.69, 9.17) is 4.74 Å². The SMILES string of the molecule is c1ccc(N(c2ccccc2)c2ccc(-c3cccc4c3-c3ccccc3C43c4ccccc4Oc4c3ccc3ccccc43)c3ccccc23)cc1. The number of anilines is 3. The average molecular weight is 676 g/mol. The van der Waals surface area contributed by atoms with Crippen molar-refractivity contribution < 1.29 is 4.74 Å². The second-order valence-electron chi connectivity index (χ2n) is 14.0. The molecule has 9 aromatic rings. The van der Waals surface area contributed by atoms with Crippen LogP contribution < -0.4 is 9.64 Å². The quantitative estimate of drug-likeness (QED) is 0.184. The van der Waals surface area contributed by atoms with Gasteiger partial charge in [0.1, 0.15) is 11.5 Å². The van der Waals surface area contributed by atoms with Gasteiger partial charge < -0.3 is 9.64 Å². The van der Waals surface area contributed by atoms with Crippen LogP contribution in [0.5, 0.6) is 11.5 Å². The lowest BCUT2D eigenvalue weighted by atomic mass is 9.65. The largest absolute Gasteiger partial charge is 0.456 e. The molecule has 53 heavy (non-hydrogen) atoms. The minimum atomic E-state index is -0.552. The number of rotatable bonds is 4. The highest BCUT2D eigenvalue weighted by atomic mass is 16.5. The van der Waals surface area contributed by atoms with Crippen molar-refractivity contribution in [3.63, 3.8) is 0 Å². The zero-order chi connectivity index (χ0) is 34.9. The monoisotopic (exact) mass is 675 g/mol. The molecule has 9 aromatic carbocycles. The van der Waals surface area contributed by atoms with Crippen LogP contribution in [-0.4, -0.2) is 0 Å². The Hall–Kier alpha value is -6.90. The Balaban J connectivity index is 1.20. The standard InChI is InChI=1S/C51H33NO/c1-3-17-35(18-4-1)52(36-19-5-2-6-20-36)47-33-31-39(38-22-9-10-23-40(38)47)41-25-15-28-45-49(41)42-24-11-12-26-43(42)51(45)44-27-13-14-29-48(44)53-50-37-21-8-7-16-34(37)30-32-46(50)51/h1-33H. The lowest BCUT2D eigenvalue weighted by molar-refractivity contribution is 0.441. The number of hydrogen-bond donors (Lipinski definition) is 0. The van der Waals surface area contributed by atoms with Gasteiger partial charge in [0.25, 0.3) is 0 Å². The number of para-hydroxylation sites is 3. The second kappa shape index (κ2) is 11.6. The minimum Gasteiger partial charge on any atom is -0.456 e. The van der Waals surface area contributed by atoms with Crippen molar-refractivity contribution in [2.45, 2.75) is 5.41 Å². The van der Waals surface area contributed by atoms with E-state index >= 15 is 0 Å². The first kappa shape index (κ1) is 29.8. The van der Waals surface area contributed by atoms with Gasteiger partial charge in [-0.15, -0.1) is 0 Å². The summed E-state index contributed by atoms with van der Waals surface area (Å²) in [6, 6.07) is 72.5. The Morgan fingerprint density at radius 1 is 0.358 bits per heavy atom. The molecule has 2 nitrogen and oxygen atoms in total. The molecule has 1 atom stereocenters. The summed E-state index contributed by atoms with van der Waals surface area (Å²) in [5.41, 5.74) is 12.7. The summed E-state index contributed by atoms with van der Waals surface area (Å²) in [4.78, 5) is 2.37. The van der Waals surface area contributed by atoms with Gasteiger partial charge >= 0.3 is 0 Å². The minimum absolute atomic E-state index is 0.552. The molecular weight excluding hydrogens is 643 g/mol. The molecule has 0 radical (unpaired) electrons. The molecule has 0 N–H and O–H groups in total. The lowest BCUT2D eigenvalue weighted by Gasteiger charge is -2.39. The van der Waals surface area contributed by atoms with Gasteiger partial charge in [0.2, 0.25) is 0 Å². The van der Waals surface area contributed by atoms with Crippen LogP contribution >= 0.6 is 0 Å². The molecule has 11 rings (SSSR count). The maximum atomic E-state index is 6.88. The van der Waals surface area contributed by atoms with Crippen molar-refractivity contribution >= 4 is 38.6 Å². The van der Waals surface area contributed by atoms with Crippen molar-refractivity contribution in [3.8, 4) is 33.8 Å². The summed E-state index contributed by atoms with van der Waals surface area (Å²) in [5, 5.41) is 4.72. The molecule has 0 aromatic heterocycles. The molecule has 0 saturated carbocycles. The first-order valence-corrected chi connectivity index (χ1v) is 18.3. The van der Waals surface area contributed by atoms with Crippen LogP contribution in [0.3, 0.4) is 0 Å². The van der Waals surface area contributed by atoms with Crippen molar-refractivity contribution in [1.82, 2.24) is 0 Å². The summed E-state index contributed by atoms with van der Waals surface area (Å²) in [6.45, 7) is 0. The highest BCUT2D eigenvalue weighted by Gasteiger charge is 2.52. The number of fused-ring (bicyclic) bond motifs is 12. The average Bonchev–Trinajstić information content (AvgIpc) is 3.53. The summed E-state index contributed by atoms with van der Waals surface area (Å²) in [6.07, 6.45) is 0. The van der Waals surface area contributed by atoms with Crippen LogP contribution in [0.2, 0.25) is 0 Å². The fourth-order valence-corrected chi connectivity index (χ4v) is 9.20.